The number of amides is 1. The molecule has 1 spiro atoms. The Kier molecular flexibility index (Phi) is 7.53. The van der Waals surface area contributed by atoms with E-state index >= 15 is 0 Å². The molecule has 2 heterocycles. The number of halogens is 1. The Morgan fingerprint density at radius 2 is 2.10 bits per heavy atom. The summed E-state index contributed by atoms with van der Waals surface area (Å²) in [4.78, 5) is 18.5. The zero-order valence-electron chi connectivity index (χ0n) is 18.5. The molecule has 1 aromatic rings. The zero-order chi connectivity index (χ0) is 21.0. The molecule has 0 aromatic heterocycles. The molecule has 1 saturated carbocycles. The number of carbonyl (C=O) groups is 1. The molecule has 3 unspecified atom stereocenters. The molecule has 1 amide bonds. The Morgan fingerprint density at radius 3 is 2.80 bits per heavy atom. The Labute approximate surface area is 190 Å². The normalized spacial score (nSPS) is 29.9. The number of rotatable bonds is 6. The molecule has 0 N–H and O–H groups in total. The summed E-state index contributed by atoms with van der Waals surface area (Å²) >= 11 is 3.55. The number of carbonyl (C=O) groups excluding carboxylic acids is 1. The summed E-state index contributed by atoms with van der Waals surface area (Å²) in [7, 11) is 0. The van der Waals surface area contributed by atoms with Gasteiger partial charge in [-0.25, -0.2) is 0 Å². The highest BCUT2D eigenvalue weighted by atomic mass is 79.9. The van der Waals surface area contributed by atoms with Gasteiger partial charge in [-0.05, 0) is 81.1 Å². The van der Waals surface area contributed by atoms with E-state index in [9.17, 15) is 4.79 Å². The number of hydrogen-bond acceptors (Lipinski definition) is 3. The van der Waals surface area contributed by atoms with Crippen molar-refractivity contribution in [1.29, 1.82) is 0 Å². The van der Waals surface area contributed by atoms with E-state index in [-0.39, 0.29) is 0 Å². The molecule has 2 aliphatic heterocycles. The van der Waals surface area contributed by atoms with Crippen molar-refractivity contribution in [3.63, 3.8) is 0 Å². The van der Waals surface area contributed by atoms with E-state index < -0.39 is 0 Å². The number of benzene rings is 1. The highest BCUT2D eigenvalue weighted by Gasteiger charge is 2.47. The third-order valence-electron chi connectivity index (χ3n) is 7.53. The molecule has 30 heavy (non-hydrogen) atoms. The van der Waals surface area contributed by atoms with E-state index in [1.165, 1.54) is 51.6 Å². The SMILES string of the molecule is CCCN(C(=O)Cc1cccc(Br)c1)C1CCC2(CCOC2)CC1N1CCCCC1. The smallest absolute Gasteiger partial charge is 0.227 e. The maximum absolute atomic E-state index is 13.5. The average molecular weight is 477 g/mol. The van der Waals surface area contributed by atoms with E-state index in [2.05, 4.69) is 44.8 Å². The lowest BCUT2D eigenvalue weighted by molar-refractivity contribution is -0.137. The van der Waals surface area contributed by atoms with Gasteiger partial charge in [0.15, 0.2) is 0 Å². The third kappa shape index (κ3) is 5.11. The lowest BCUT2D eigenvalue weighted by Gasteiger charge is -2.51. The number of nitrogens with zero attached hydrogens (tertiary/aromatic N) is 2. The van der Waals surface area contributed by atoms with Gasteiger partial charge in [-0.2, -0.15) is 0 Å². The second kappa shape index (κ2) is 10.1. The van der Waals surface area contributed by atoms with E-state index in [1.807, 2.05) is 12.1 Å². The van der Waals surface area contributed by atoms with Crippen LogP contribution in [0.4, 0.5) is 0 Å². The first kappa shape index (κ1) is 22.3. The molecule has 166 valence electrons. The minimum Gasteiger partial charge on any atom is -0.381 e. The minimum absolute atomic E-state index is 0.292. The molecule has 1 aromatic carbocycles. The highest BCUT2D eigenvalue weighted by Crippen LogP contribution is 2.46. The molecular weight excluding hydrogens is 440 g/mol. The third-order valence-corrected chi connectivity index (χ3v) is 8.02. The quantitative estimate of drug-likeness (QED) is 0.575. The van der Waals surface area contributed by atoms with Gasteiger partial charge in [-0.15, -0.1) is 0 Å². The molecule has 3 aliphatic rings. The maximum atomic E-state index is 13.5. The molecule has 0 radical (unpaired) electrons. The van der Waals surface area contributed by atoms with Crippen LogP contribution < -0.4 is 0 Å². The van der Waals surface area contributed by atoms with Crippen molar-refractivity contribution in [2.75, 3.05) is 32.8 Å². The number of ether oxygens (including phenoxy) is 1. The molecule has 4 nitrogen and oxygen atoms in total. The largest absolute Gasteiger partial charge is 0.381 e. The average Bonchev–Trinajstić information content (AvgIpc) is 3.21. The molecule has 3 fully saturated rings. The molecule has 2 saturated heterocycles. The van der Waals surface area contributed by atoms with E-state index in [0.717, 1.165) is 42.6 Å². The van der Waals surface area contributed by atoms with Crippen molar-refractivity contribution in [3.8, 4) is 0 Å². The van der Waals surface area contributed by atoms with Crippen LogP contribution in [0.1, 0.15) is 63.9 Å². The van der Waals surface area contributed by atoms with Crippen LogP contribution >= 0.6 is 15.9 Å². The van der Waals surface area contributed by atoms with Gasteiger partial charge in [-0.1, -0.05) is 41.4 Å². The molecule has 4 rings (SSSR count). The fourth-order valence-electron chi connectivity index (χ4n) is 5.96. The fraction of sp³-hybridized carbons (Fsp3) is 0.720. The van der Waals surface area contributed by atoms with Gasteiger partial charge in [0.25, 0.3) is 0 Å². The van der Waals surface area contributed by atoms with Crippen LogP contribution in [0.2, 0.25) is 0 Å². The topological polar surface area (TPSA) is 32.8 Å². The van der Waals surface area contributed by atoms with Gasteiger partial charge < -0.3 is 9.64 Å². The van der Waals surface area contributed by atoms with E-state index in [4.69, 9.17) is 4.74 Å². The van der Waals surface area contributed by atoms with Crippen LogP contribution in [-0.4, -0.2) is 60.6 Å². The van der Waals surface area contributed by atoms with Crippen LogP contribution in [0.15, 0.2) is 28.7 Å². The molecule has 5 heteroatoms. The van der Waals surface area contributed by atoms with Crippen LogP contribution in [0.3, 0.4) is 0 Å². The van der Waals surface area contributed by atoms with Crippen molar-refractivity contribution < 1.29 is 9.53 Å². The van der Waals surface area contributed by atoms with Gasteiger partial charge in [0, 0.05) is 29.7 Å². The zero-order valence-corrected chi connectivity index (χ0v) is 20.0. The highest BCUT2D eigenvalue weighted by molar-refractivity contribution is 9.10. The first-order valence-corrected chi connectivity index (χ1v) is 12.8. The Bertz CT molecular complexity index is 713. The van der Waals surface area contributed by atoms with Gasteiger partial charge in [0.05, 0.1) is 13.0 Å². The summed E-state index contributed by atoms with van der Waals surface area (Å²) in [6.45, 7) is 7.28. The number of piperidine rings is 1. The second-order valence-electron chi connectivity index (χ2n) is 9.67. The van der Waals surface area contributed by atoms with E-state index in [1.54, 1.807) is 0 Å². The van der Waals surface area contributed by atoms with Gasteiger partial charge >= 0.3 is 0 Å². The second-order valence-corrected chi connectivity index (χ2v) is 10.6. The van der Waals surface area contributed by atoms with Crippen molar-refractivity contribution in [2.24, 2.45) is 5.41 Å². The summed E-state index contributed by atoms with van der Waals surface area (Å²) in [5.74, 6) is 0.292. The molecule has 3 atom stereocenters. The lowest BCUT2D eigenvalue weighted by atomic mass is 9.68. The van der Waals surface area contributed by atoms with Crippen molar-refractivity contribution in [1.82, 2.24) is 9.80 Å². The predicted octanol–water partition coefficient (Wildman–Crippen LogP) is 5.04. The number of likely N-dealkylation sites (tertiary alicyclic amines) is 1. The van der Waals surface area contributed by atoms with Crippen molar-refractivity contribution in [2.45, 2.75) is 76.8 Å². The standard InChI is InChI=1S/C25H37BrN2O2/c1-2-12-28(24(29)17-20-7-6-8-21(26)16-20)22-9-10-25(11-15-30-19-25)18-23(22)27-13-4-3-5-14-27/h6-8,16,22-23H,2-5,9-15,17-19H2,1H3. The van der Waals surface area contributed by atoms with Gasteiger partial charge in [-0.3, -0.25) is 9.69 Å². The van der Waals surface area contributed by atoms with Crippen molar-refractivity contribution >= 4 is 21.8 Å². The van der Waals surface area contributed by atoms with Crippen LogP contribution in [0.5, 0.6) is 0 Å². The summed E-state index contributed by atoms with van der Waals surface area (Å²) in [6.07, 6.45) is 10.2. The first-order chi connectivity index (χ1) is 14.6. The summed E-state index contributed by atoms with van der Waals surface area (Å²) in [5, 5.41) is 0. The van der Waals surface area contributed by atoms with Crippen LogP contribution in [-0.2, 0) is 16.0 Å². The van der Waals surface area contributed by atoms with Crippen LogP contribution in [0.25, 0.3) is 0 Å². The Morgan fingerprint density at radius 1 is 1.27 bits per heavy atom. The minimum atomic E-state index is 0.292. The van der Waals surface area contributed by atoms with Crippen molar-refractivity contribution in [3.05, 3.63) is 34.3 Å². The summed E-state index contributed by atoms with van der Waals surface area (Å²) in [6, 6.07) is 9.02. The lowest BCUT2D eigenvalue weighted by Crippen LogP contribution is -2.59. The Balaban J connectivity index is 1.54. The summed E-state index contributed by atoms with van der Waals surface area (Å²) in [5.41, 5.74) is 1.45. The summed E-state index contributed by atoms with van der Waals surface area (Å²) < 4.78 is 6.89. The molecular formula is C25H37BrN2O2. The predicted molar refractivity (Wildman–Crippen MR) is 125 cm³/mol. The van der Waals surface area contributed by atoms with Gasteiger partial charge in [0.1, 0.15) is 0 Å². The first-order valence-electron chi connectivity index (χ1n) is 12.0. The fourth-order valence-corrected chi connectivity index (χ4v) is 6.41. The monoisotopic (exact) mass is 476 g/mol. The Hall–Kier alpha value is -0.910. The van der Waals surface area contributed by atoms with Crippen LogP contribution in [0, 0.1) is 5.41 Å². The van der Waals surface area contributed by atoms with Gasteiger partial charge in [0.2, 0.25) is 5.91 Å². The molecule has 0 bridgehead atoms. The number of hydrogen-bond donors (Lipinski definition) is 0. The van der Waals surface area contributed by atoms with E-state index in [0.29, 0.717) is 29.8 Å². The maximum Gasteiger partial charge on any atom is 0.227 e. The molecule has 1 aliphatic carbocycles.